The van der Waals surface area contributed by atoms with Crippen molar-refractivity contribution in [2.24, 2.45) is 0 Å². The summed E-state index contributed by atoms with van der Waals surface area (Å²) in [5, 5.41) is 3.06. The molecule has 7 nitrogen and oxygen atoms in total. The first-order valence-electron chi connectivity index (χ1n) is 9.99. The first-order chi connectivity index (χ1) is 14.8. The van der Waals surface area contributed by atoms with Gasteiger partial charge in [0.2, 0.25) is 5.95 Å². The van der Waals surface area contributed by atoms with Crippen molar-refractivity contribution in [3.63, 3.8) is 0 Å². The minimum absolute atomic E-state index is 0.0563. The number of anilines is 2. The van der Waals surface area contributed by atoms with Gasteiger partial charge in [-0.3, -0.25) is 0 Å². The molecule has 1 heterocycles. The zero-order valence-corrected chi connectivity index (χ0v) is 18.3. The molecule has 0 fully saturated rings. The van der Waals surface area contributed by atoms with E-state index in [2.05, 4.69) is 27.2 Å². The van der Waals surface area contributed by atoms with Crippen LogP contribution >= 0.6 is 0 Å². The van der Waals surface area contributed by atoms with Gasteiger partial charge in [-0.15, -0.1) is 0 Å². The molecule has 0 atom stereocenters. The van der Waals surface area contributed by atoms with Gasteiger partial charge in [0, 0.05) is 18.0 Å². The normalized spacial score (nSPS) is 11.3. The number of hydrogen-bond donors (Lipinski definition) is 1. The molecule has 0 amide bonds. The Morgan fingerprint density at radius 2 is 1.94 bits per heavy atom. The summed E-state index contributed by atoms with van der Waals surface area (Å²) < 4.78 is 42.6. The second-order valence-electron chi connectivity index (χ2n) is 7.22. The summed E-state index contributed by atoms with van der Waals surface area (Å²) in [7, 11) is -3.14. The van der Waals surface area contributed by atoms with Crippen molar-refractivity contribution in [1.82, 2.24) is 15.0 Å². The van der Waals surface area contributed by atoms with Crippen LogP contribution in [0.5, 0.6) is 5.75 Å². The topological polar surface area (TPSA) is 94.1 Å². The van der Waals surface area contributed by atoms with Crippen LogP contribution in [0.15, 0.2) is 48.8 Å². The lowest BCUT2D eigenvalue weighted by Gasteiger charge is -2.12. The van der Waals surface area contributed by atoms with Gasteiger partial charge < -0.3 is 10.1 Å². The van der Waals surface area contributed by atoms with E-state index in [4.69, 9.17) is 4.74 Å². The summed E-state index contributed by atoms with van der Waals surface area (Å²) in [4.78, 5) is 12.8. The molecule has 1 N–H and O–H groups in total. The Morgan fingerprint density at radius 3 is 2.71 bits per heavy atom. The molecule has 0 aliphatic heterocycles. The van der Waals surface area contributed by atoms with E-state index < -0.39 is 15.7 Å². The number of ether oxygens (including phenoxy) is 1. The number of rotatable bonds is 10. The Morgan fingerprint density at radius 1 is 1.10 bits per heavy atom. The first kappa shape index (κ1) is 22.6. The molecule has 0 bridgehead atoms. The molecule has 0 saturated heterocycles. The van der Waals surface area contributed by atoms with Crippen molar-refractivity contribution in [1.29, 1.82) is 0 Å². The molecule has 0 aliphatic carbocycles. The fourth-order valence-electron chi connectivity index (χ4n) is 2.99. The van der Waals surface area contributed by atoms with E-state index in [0.717, 1.165) is 19.3 Å². The van der Waals surface area contributed by atoms with Gasteiger partial charge in [-0.1, -0.05) is 31.9 Å². The van der Waals surface area contributed by atoms with E-state index in [-0.39, 0.29) is 11.7 Å². The van der Waals surface area contributed by atoms with E-state index in [1.54, 1.807) is 30.3 Å². The molecule has 2 aromatic carbocycles. The summed E-state index contributed by atoms with van der Waals surface area (Å²) in [5.74, 6) is 0.546. The predicted octanol–water partition coefficient (Wildman–Crippen LogP) is 4.53. The monoisotopic (exact) mass is 444 g/mol. The van der Waals surface area contributed by atoms with Gasteiger partial charge in [0.05, 0.1) is 17.9 Å². The quantitative estimate of drug-likeness (QED) is 0.459. The molecule has 0 unspecified atom stereocenters. The lowest BCUT2D eigenvalue weighted by atomic mass is 10.2. The van der Waals surface area contributed by atoms with Crippen molar-refractivity contribution in [3.05, 3.63) is 60.2 Å². The van der Waals surface area contributed by atoms with E-state index in [1.807, 2.05) is 0 Å². The van der Waals surface area contributed by atoms with Gasteiger partial charge in [-0.25, -0.2) is 22.8 Å². The average molecular weight is 445 g/mol. The molecular weight excluding hydrogens is 419 g/mol. The number of unbranched alkanes of at least 4 members (excludes halogenated alkanes) is 2. The molecule has 3 rings (SSSR count). The maximum Gasteiger partial charge on any atom is 0.230 e. The SMILES string of the molecule is CCCCCOc1cc(F)ccc1-c1ncnc(Nc2cccc(CS(C)(=O)=O)c2)n1. The summed E-state index contributed by atoms with van der Waals surface area (Å²) >= 11 is 0. The second-order valence-corrected chi connectivity index (χ2v) is 9.36. The van der Waals surface area contributed by atoms with E-state index in [1.165, 1.54) is 24.7 Å². The molecule has 164 valence electrons. The van der Waals surface area contributed by atoms with Crippen molar-refractivity contribution in [3.8, 4) is 17.1 Å². The fourth-order valence-corrected chi connectivity index (χ4v) is 3.78. The molecule has 0 spiro atoms. The van der Waals surface area contributed by atoms with Gasteiger partial charge in [-0.2, -0.15) is 4.98 Å². The first-order valence-corrected chi connectivity index (χ1v) is 12.1. The van der Waals surface area contributed by atoms with Crippen LogP contribution in [0.4, 0.5) is 16.0 Å². The maximum absolute atomic E-state index is 13.8. The Bertz CT molecular complexity index is 1140. The van der Waals surface area contributed by atoms with Gasteiger partial charge in [0.15, 0.2) is 15.7 Å². The number of nitrogens with one attached hydrogen (secondary N) is 1. The van der Waals surface area contributed by atoms with Crippen LogP contribution in [0.25, 0.3) is 11.4 Å². The summed E-state index contributed by atoms with van der Waals surface area (Å²) in [5.41, 5.74) is 1.87. The minimum Gasteiger partial charge on any atom is -0.493 e. The summed E-state index contributed by atoms with van der Waals surface area (Å²) in [6, 6.07) is 11.3. The van der Waals surface area contributed by atoms with E-state index in [0.29, 0.717) is 35.0 Å². The molecule has 0 saturated carbocycles. The highest BCUT2D eigenvalue weighted by atomic mass is 32.2. The summed E-state index contributed by atoms with van der Waals surface area (Å²) in [6.45, 7) is 2.58. The molecule has 1 aromatic heterocycles. The lowest BCUT2D eigenvalue weighted by Crippen LogP contribution is -2.04. The van der Waals surface area contributed by atoms with Crippen LogP contribution in [0.3, 0.4) is 0 Å². The van der Waals surface area contributed by atoms with Crippen molar-refractivity contribution >= 4 is 21.5 Å². The highest BCUT2D eigenvalue weighted by Gasteiger charge is 2.13. The smallest absolute Gasteiger partial charge is 0.230 e. The minimum atomic E-state index is -3.14. The van der Waals surface area contributed by atoms with E-state index in [9.17, 15) is 12.8 Å². The van der Waals surface area contributed by atoms with E-state index >= 15 is 0 Å². The van der Waals surface area contributed by atoms with Crippen molar-refractivity contribution in [2.45, 2.75) is 31.9 Å². The Labute approximate surface area is 181 Å². The number of aromatic nitrogens is 3. The molecular formula is C22H25FN4O3S. The average Bonchev–Trinajstić information content (AvgIpc) is 2.70. The third-order valence-corrected chi connectivity index (χ3v) is 5.23. The maximum atomic E-state index is 13.8. The van der Waals surface area contributed by atoms with Gasteiger partial charge in [0.25, 0.3) is 0 Å². The molecule has 0 aliphatic rings. The van der Waals surface area contributed by atoms with Crippen LogP contribution in [0, 0.1) is 5.82 Å². The second kappa shape index (κ2) is 10.3. The predicted molar refractivity (Wildman–Crippen MR) is 119 cm³/mol. The summed E-state index contributed by atoms with van der Waals surface area (Å²) in [6.07, 6.45) is 5.52. The van der Waals surface area contributed by atoms with Crippen LogP contribution in [-0.2, 0) is 15.6 Å². The Hall–Kier alpha value is -3.07. The van der Waals surface area contributed by atoms with Gasteiger partial charge in [-0.05, 0) is 36.2 Å². The van der Waals surface area contributed by atoms with Crippen LogP contribution in [0.2, 0.25) is 0 Å². The lowest BCUT2D eigenvalue weighted by molar-refractivity contribution is 0.306. The molecule has 31 heavy (non-hydrogen) atoms. The fraction of sp³-hybridized carbons (Fsp3) is 0.318. The van der Waals surface area contributed by atoms with Crippen LogP contribution in [0.1, 0.15) is 31.7 Å². The standard InChI is InChI=1S/C22H25FN4O3S/c1-3-4-5-11-30-20-13-17(23)9-10-19(20)21-24-15-25-22(27-21)26-18-8-6-7-16(12-18)14-31(2,28)29/h6-10,12-13,15H,3-5,11,14H2,1-2H3,(H,24,25,26,27). The Balaban J connectivity index is 1.82. The number of hydrogen-bond acceptors (Lipinski definition) is 7. The number of sulfone groups is 1. The molecule has 3 aromatic rings. The third kappa shape index (κ3) is 6.99. The zero-order valence-electron chi connectivity index (χ0n) is 17.5. The highest BCUT2D eigenvalue weighted by molar-refractivity contribution is 7.89. The third-order valence-electron chi connectivity index (χ3n) is 4.37. The molecule has 9 heteroatoms. The van der Waals surface area contributed by atoms with Crippen LogP contribution in [-0.4, -0.2) is 36.2 Å². The largest absolute Gasteiger partial charge is 0.493 e. The Kier molecular flexibility index (Phi) is 7.51. The highest BCUT2D eigenvalue weighted by Crippen LogP contribution is 2.29. The van der Waals surface area contributed by atoms with Crippen LogP contribution < -0.4 is 10.1 Å². The van der Waals surface area contributed by atoms with Gasteiger partial charge >= 0.3 is 0 Å². The van der Waals surface area contributed by atoms with Crippen molar-refractivity contribution in [2.75, 3.05) is 18.2 Å². The zero-order chi connectivity index (χ0) is 22.3. The van der Waals surface area contributed by atoms with Gasteiger partial charge in [0.1, 0.15) is 17.9 Å². The number of benzene rings is 2. The van der Waals surface area contributed by atoms with Crippen molar-refractivity contribution < 1.29 is 17.5 Å². The molecule has 0 radical (unpaired) electrons. The number of nitrogens with zero attached hydrogens (tertiary/aromatic N) is 3. The number of halogens is 1.